The van der Waals surface area contributed by atoms with E-state index in [-0.39, 0.29) is 11.8 Å². The van der Waals surface area contributed by atoms with Crippen LogP contribution in [0.25, 0.3) is 0 Å². The maximum Gasteiger partial charge on any atom is 0.214 e. The van der Waals surface area contributed by atoms with Crippen molar-refractivity contribution < 1.29 is 8.42 Å². The third-order valence-corrected chi connectivity index (χ3v) is 6.32. The van der Waals surface area contributed by atoms with Crippen LogP contribution in [-0.2, 0) is 16.4 Å². The van der Waals surface area contributed by atoms with Gasteiger partial charge in [-0.3, -0.25) is 0 Å². The first-order valence-electron chi connectivity index (χ1n) is 7.23. The van der Waals surface area contributed by atoms with Gasteiger partial charge in [0.25, 0.3) is 0 Å². The number of alkyl halides is 1. The van der Waals surface area contributed by atoms with Gasteiger partial charge in [0.15, 0.2) is 0 Å². The molecule has 0 saturated carbocycles. The zero-order chi connectivity index (χ0) is 14.4. The van der Waals surface area contributed by atoms with E-state index in [1.807, 2.05) is 30.3 Å². The maximum atomic E-state index is 12.5. The molecule has 1 unspecified atom stereocenters. The maximum absolute atomic E-state index is 12.5. The lowest BCUT2D eigenvalue weighted by Crippen LogP contribution is -2.37. The molecule has 1 fully saturated rings. The van der Waals surface area contributed by atoms with E-state index >= 15 is 0 Å². The summed E-state index contributed by atoms with van der Waals surface area (Å²) in [5, 5.41) is 0.946. The Hall–Kier alpha value is -0.390. The van der Waals surface area contributed by atoms with Crippen LogP contribution >= 0.6 is 15.9 Å². The Bertz CT molecular complexity index is 504. The molecule has 1 heterocycles. The monoisotopic (exact) mass is 359 g/mol. The highest BCUT2D eigenvalue weighted by molar-refractivity contribution is 9.09. The van der Waals surface area contributed by atoms with E-state index in [0.29, 0.717) is 13.0 Å². The molecule has 1 aliphatic rings. The lowest BCUT2D eigenvalue weighted by atomic mass is 10.1. The fourth-order valence-electron chi connectivity index (χ4n) is 2.79. The zero-order valence-corrected chi connectivity index (χ0v) is 14.1. The van der Waals surface area contributed by atoms with Crippen LogP contribution in [0.15, 0.2) is 30.3 Å². The summed E-state index contributed by atoms with van der Waals surface area (Å²) in [6.07, 6.45) is 4.62. The Balaban J connectivity index is 1.95. The fourth-order valence-corrected chi connectivity index (χ4v) is 4.91. The third kappa shape index (κ3) is 4.30. The second-order valence-electron chi connectivity index (χ2n) is 5.29. The number of benzene rings is 1. The van der Waals surface area contributed by atoms with E-state index < -0.39 is 10.0 Å². The fraction of sp³-hybridized carbons (Fsp3) is 0.600. The molecule has 0 radical (unpaired) electrons. The molecule has 0 N–H and O–H groups in total. The Morgan fingerprint density at radius 3 is 2.70 bits per heavy atom. The van der Waals surface area contributed by atoms with Gasteiger partial charge in [0.2, 0.25) is 10.0 Å². The van der Waals surface area contributed by atoms with Crippen LogP contribution in [0, 0.1) is 0 Å². The predicted molar refractivity (Wildman–Crippen MR) is 86.7 cm³/mol. The van der Waals surface area contributed by atoms with Gasteiger partial charge in [-0.15, -0.1) is 0 Å². The van der Waals surface area contributed by atoms with Crippen LogP contribution in [-0.4, -0.2) is 36.4 Å². The minimum atomic E-state index is -3.12. The summed E-state index contributed by atoms with van der Waals surface area (Å²) in [5.41, 5.74) is 1.09. The van der Waals surface area contributed by atoms with Crippen LogP contribution in [0.5, 0.6) is 0 Å². The SMILES string of the molecule is O=S(=O)(CCc1ccccc1)N1CCCC1CCCBr. The second kappa shape index (κ2) is 7.57. The summed E-state index contributed by atoms with van der Waals surface area (Å²) in [6, 6.07) is 10.1. The predicted octanol–water partition coefficient (Wildman–Crippen LogP) is 3.20. The Labute approximate surface area is 130 Å². The van der Waals surface area contributed by atoms with Gasteiger partial charge in [-0.2, -0.15) is 4.31 Å². The normalized spacial score (nSPS) is 20.4. The molecule has 2 rings (SSSR count). The summed E-state index contributed by atoms with van der Waals surface area (Å²) >= 11 is 3.42. The second-order valence-corrected chi connectivity index (χ2v) is 8.12. The van der Waals surface area contributed by atoms with Gasteiger partial charge in [-0.1, -0.05) is 46.3 Å². The molecule has 0 bridgehead atoms. The van der Waals surface area contributed by atoms with E-state index in [2.05, 4.69) is 15.9 Å². The zero-order valence-electron chi connectivity index (χ0n) is 11.7. The molecule has 1 aromatic rings. The van der Waals surface area contributed by atoms with Crippen LogP contribution in [0.2, 0.25) is 0 Å². The molecule has 0 spiro atoms. The average molecular weight is 360 g/mol. The smallest absolute Gasteiger partial charge is 0.212 e. The summed E-state index contributed by atoms with van der Waals surface area (Å²) in [4.78, 5) is 0. The molecule has 5 heteroatoms. The van der Waals surface area contributed by atoms with Gasteiger partial charge in [0.05, 0.1) is 5.75 Å². The number of hydrogen-bond acceptors (Lipinski definition) is 2. The molecular weight excluding hydrogens is 338 g/mol. The van der Waals surface area contributed by atoms with Gasteiger partial charge in [-0.05, 0) is 37.7 Å². The van der Waals surface area contributed by atoms with Crippen molar-refractivity contribution in [2.75, 3.05) is 17.6 Å². The quantitative estimate of drug-likeness (QED) is 0.701. The number of hydrogen-bond donors (Lipinski definition) is 0. The van der Waals surface area contributed by atoms with Gasteiger partial charge >= 0.3 is 0 Å². The molecule has 0 aliphatic carbocycles. The van der Waals surface area contributed by atoms with Crippen molar-refractivity contribution in [2.24, 2.45) is 0 Å². The topological polar surface area (TPSA) is 37.4 Å². The largest absolute Gasteiger partial charge is 0.214 e. The molecule has 3 nitrogen and oxygen atoms in total. The van der Waals surface area contributed by atoms with Gasteiger partial charge in [0.1, 0.15) is 0 Å². The van der Waals surface area contributed by atoms with Crippen molar-refractivity contribution in [2.45, 2.75) is 38.1 Å². The summed E-state index contributed by atoms with van der Waals surface area (Å²) in [7, 11) is -3.12. The minimum Gasteiger partial charge on any atom is -0.212 e. The minimum absolute atomic E-state index is 0.216. The van der Waals surface area contributed by atoms with Crippen molar-refractivity contribution >= 4 is 26.0 Å². The summed E-state index contributed by atoms with van der Waals surface area (Å²) in [6.45, 7) is 0.698. The van der Waals surface area contributed by atoms with Crippen molar-refractivity contribution in [3.63, 3.8) is 0 Å². The Kier molecular flexibility index (Phi) is 6.05. The summed E-state index contributed by atoms with van der Waals surface area (Å²) in [5.74, 6) is 0.224. The highest BCUT2D eigenvalue weighted by Crippen LogP contribution is 2.25. The molecule has 1 aromatic carbocycles. The van der Waals surface area contributed by atoms with E-state index in [1.165, 1.54) is 0 Å². The van der Waals surface area contributed by atoms with Crippen LogP contribution < -0.4 is 0 Å². The van der Waals surface area contributed by atoms with Gasteiger partial charge in [0, 0.05) is 17.9 Å². The molecule has 0 aromatic heterocycles. The first-order valence-corrected chi connectivity index (χ1v) is 9.96. The molecule has 1 saturated heterocycles. The molecular formula is C15H22BrNO2S. The number of halogens is 1. The van der Waals surface area contributed by atoms with Crippen LogP contribution in [0.4, 0.5) is 0 Å². The summed E-state index contributed by atoms with van der Waals surface area (Å²) < 4.78 is 26.7. The number of rotatable bonds is 7. The van der Waals surface area contributed by atoms with Crippen LogP contribution in [0.1, 0.15) is 31.2 Å². The van der Waals surface area contributed by atoms with Gasteiger partial charge in [-0.25, -0.2) is 8.42 Å². The average Bonchev–Trinajstić information content (AvgIpc) is 2.93. The van der Waals surface area contributed by atoms with Crippen molar-refractivity contribution in [1.29, 1.82) is 0 Å². The Morgan fingerprint density at radius 1 is 1.25 bits per heavy atom. The van der Waals surface area contributed by atoms with E-state index in [9.17, 15) is 8.42 Å². The molecule has 1 atom stereocenters. The van der Waals surface area contributed by atoms with Crippen molar-refractivity contribution in [3.05, 3.63) is 35.9 Å². The van der Waals surface area contributed by atoms with E-state index in [0.717, 1.165) is 36.6 Å². The number of sulfonamides is 1. The first kappa shape index (κ1) is 16.0. The first-order chi connectivity index (χ1) is 9.63. The lowest BCUT2D eigenvalue weighted by Gasteiger charge is -2.24. The van der Waals surface area contributed by atoms with Crippen LogP contribution in [0.3, 0.4) is 0 Å². The van der Waals surface area contributed by atoms with Crippen molar-refractivity contribution in [1.82, 2.24) is 4.31 Å². The highest BCUT2D eigenvalue weighted by atomic mass is 79.9. The molecule has 1 aliphatic heterocycles. The number of aryl methyl sites for hydroxylation is 1. The Morgan fingerprint density at radius 2 is 2.00 bits per heavy atom. The third-order valence-electron chi connectivity index (χ3n) is 3.84. The van der Waals surface area contributed by atoms with Crippen molar-refractivity contribution in [3.8, 4) is 0 Å². The molecule has 20 heavy (non-hydrogen) atoms. The van der Waals surface area contributed by atoms with E-state index in [1.54, 1.807) is 4.31 Å². The standard InChI is InChI=1S/C15H22BrNO2S/c16-11-4-8-15-9-5-12-17(15)20(18,19)13-10-14-6-2-1-3-7-14/h1-3,6-7,15H,4-5,8-13H2. The van der Waals surface area contributed by atoms with Gasteiger partial charge < -0.3 is 0 Å². The number of nitrogens with zero attached hydrogens (tertiary/aromatic N) is 1. The molecule has 112 valence electrons. The highest BCUT2D eigenvalue weighted by Gasteiger charge is 2.33. The van der Waals surface area contributed by atoms with E-state index in [4.69, 9.17) is 0 Å². The molecule has 0 amide bonds. The lowest BCUT2D eigenvalue weighted by molar-refractivity contribution is 0.369.